The number of nitrogens with one attached hydrogen (secondary N) is 2. The van der Waals surface area contributed by atoms with Crippen LogP contribution in [0.3, 0.4) is 0 Å². The summed E-state index contributed by atoms with van der Waals surface area (Å²) in [5, 5.41) is 13.7. The van der Waals surface area contributed by atoms with E-state index in [-0.39, 0.29) is 5.70 Å². The van der Waals surface area contributed by atoms with Crippen LogP contribution >= 0.6 is 15.9 Å². The molecule has 0 bridgehead atoms. The molecule has 0 spiro atoms. The number of ether oxygens (including phenoxy) is 2. The fourth-order valence-electron chi connectivity index (χ4n) is 2.83. The number of carbonyl (C=O) groups is 4. The number of para-hydroxylation sites is 2. The predicted molar refractivity (Wildman–Crippen MR) is 117 cm³/mol. The lowest BCUT2D eigenvalue weighted by molar-refractivity contribution is -0.139. The number of benzene rings is 2. The van der Waals surface area contributed by atoms with E-state index in [0.717, 1.165) is 4.90 Å². The van der Waals surface area contributed by atoms with Crippen LogP contribution < -0.4 is 20.1 Å². The summed E-state index contributed by atoms with van der Waals surface area (Å²) in [5.74, 6) is -1.59. The first-order valence-electron chi connectivity index (χ1n) is 9.20. The van der Waals surface area contributed by atoms with Gasteiger partial charge in [-0.1, -0.05) is 18.2 Å². The predicted octanol–water partition coefficient (Wildman–Crippen LogP) is 2.45. The molecule has 0 atom stereocenters. The number of hydrogen-bond acceptors (Lipinski definition) is 6. The number of imide groups is 1. The molecule has 11 heteroatoms. The third kappa shape index (κ3) is 5.43. The molecular weight excluding hydrogens is 486 g/mol. The summed E-state index contributed by atoms with van der Waals surface area (Å²) >= 11 is 3.27. The van der Waals surface area contributed by atoms with Crippen molar-refractivity contribution in [2.75, 3.05) is 25.6 Å². The van der Waals surface area contributed by atoms with Gasteiger partial charge in [-0.25, -0.2) is 14.5 Å². The second kappa shape index (κ2) is 9.96. The lowest BCUT2D eigenvalue weighted by Crippen LogP contribution is -2.38. The molecular formula is C21H18BrN3O7. The topological polar surface area (TPSA) is 134 Å². The Morgan fingerprint density at radius 1 is 1.19 bits per heavy atom. The number of methoxy groups -OCH3 is 1. The van der Waals surface area contributed by atoms with E-state index in [9.17, 15) is 19.2 Å². The Bertz CT molecular complexity index is 1120. The maximum atomic E-state index is 12.6. The first-order valence-corrected chi connectivity index (χ1v) is 9.99. The molecule has 10 nitrogen and oxygen atoms in total. The van der Waals surface area contributed by atoms with Crippen LogP contribution in [-0.4, -0.2) is 54.1 Å². The molecule has 3 N–H and O–H groups in total. The zero-order valence-electron chi connectivity index (χ0n) is 16.8. The van der Waals surface area contributed by atoms with Gasteiger partial charge in [0.15, 0.2) is 6.61 Å². The van der Waals surface area contributed by atoms with Crippen molar-refractivity contribution >= 4 is 51.5 Å². The number of halogens is 1. The van der Waals surface area contributed by atoms with Gasteiger partial charge in [0, 0.05) is 0 Å². The van der Waals surface area contributed by atoms with E-state index in [2.05, 4.69) is 26.6 Å². The average molecular weight is 504 g/mol. The average Bonchev–Trinajstić information content (AvgIpc) is 3.00. The van der Waals surface area contributed by atoms with Crippen molar-refractivity contribution in [3.8, 4) is 11.5 Å². The standard InChI is InChI=1S/C21H18BrN3O7/c1-31-17-5-3-2-4-14(17)23-18(26)10-25-20(29)15(24-21(25)30)9-12-6-7-16(13(22)8-12)32-11-19(27)28/h2-9H,10-11H2,1H3,(H,23,26)(H,24,30)(H,27,28)/b15-9+. The van der Waals surface area contributed by atoms with Gasteiger partial charge in [0.2, 0.25) is 5.91 Å². The number of carbonyl (C=O) groups excluding carboxylic acids is 3. The molecule has 1 aliphatic heterocycles. The molecule has 0 saturated carbocycles. The van der Waals surface area contributed by atoms with Crippen molar-refractivity contribution in [3.05, 3.63) is 58.2 Å². The monoisotopic (exact) mass is 503 g/mol. The summed E-state index contributed by atoms with van der Waals surface area (Å²) in [6, 6.07) is 10.7. The molecule has 1 heterocycles. The summed E-state index contributed by atoms with van der Waals surface area (Å²) in [6.07, 6.45) is 1.43. The van der Waals surface area contributed by atoms with Crippen molar-refractivity contribution in [2.24, 2.45) is 0 Å². The molecule has 32 heavy (non-hydrogen) atoms. The summed E-state index contributed by atoms with van der Waals surface area (Å²) in [4.78, 5) is 48.6. The van der Waals surface area contributed by atoms with E-state index in [1.165, 1.54) is 19.3 Å². The molecule has 1 fully saturated rings. The summed E-state index contributed by atoms with van der Waals surface area (Å²) in [5.41, 5.74) is 0.951. The number of carboxylic acids is 1. The zero-order valence-corrected chi connectivity index (χ0v) is 18.3. The first-order chi connectivity index (χ1) is 15.3. The fraction of sp³-hybridized carbons (Fsp3) is 0.143. The van der Waals surface area contributed by atoms with E-state index < -0.39 is 37.0 Å². The van der Waals surface area contributed by atoms with Crippen LogP contribution in [-0.2, 0) is 14.4 Å². The van der Waals surface area contributed by atoms with Gasteiger partial charge in [0.1, 0.15) is 23.7 Å². The SMILES string of the molecule is COc1ccccc1NC(=O)CN1C(=O)N/C(=C/c2ccc(OCC(=O)O)c(Br)c2)C1=O. The number of hydrogen-bond donors (Lipinski definition) is 3. The third-order valence-corrected chi connectivity index (χ3v) is 4.88. The molecule has 0 aliphatic carbocycles. The highest BCUT2D eigenvalue weighted by molar-refractivity contribution is 9.10. The fourth-order valence-corrected chi connectivity index (χ4v) is 3.34. The number of urea groups is 1. The van der Waals surface area contributed by atoms with E-state index in [0.29, 0.717) is 27.2 Å². The number of carboxylic acid groups (broad SMARTS) is 1. The zero-order chi connectivity index (χ0) is 23.3. The molecule has 1 saturated heterocycles. The van der Waals surface area contributed by atoms with E-state index in [1.54, 1.807) is 36.4 Å². The van der Waals surface area contributed by atoms with Gasteiger partial charge in [-0.05, 0) is 51.8 Å². The minimum absolute atomic E-state index is 0.00815. The molecule has 0 aromatic heterocycles. The molecule has 3 rings (SSSR count). The van der Waals surface area contributed by atoms with Crippen LogP contribution in [0.2, 0.25) is 0 Å². The molecule has 2 aromatic rings. The Hall–Kier alpha value is -3.86. The van der Waals surface area contributed by atoms with Crippen molar-refractivity contribution in [1.82, 2.24) is 10.2 Å². The minimum Gasteiger partial charge on any atom is -0.495 e. The maximum absolute atomic E-state index is 12.6. The number of amides is 4. The lowest BCUT2D eigenvalue weighted by Gasteiger charge is -2.13. The summed E-state index contributed by atoms with van der Waals surface area (Å²) < 4.78 is 10.8. The molecule has 0 unspecified atom stereocenters. The van der Waals surface area contributed by atoms with Gasteiger partial charge < -0.3 is 25.2 Å². The van der Waals surface area contributed by atoms with Crippen LogP contribution in [0.5, 0.6) is 11.5 Å². The number of aliphatic carboxylic acids is 1. The van der Waals surface area contributed by atoms with Gasteiger partial charge in [-0.2, -0.15) is 0 Å². The Kier molecular flexibility index (Phi) is 7.11. The van der Waals surface area contributed by atoms with Gasteiger partial charge >= 0.3 is 12.0 Å². The van der Waals surface area contributed by atoms with Crippen LogP contribution in [0, 0.1) is 0 Å². The molecule has 1 aliphatic rings. The quantitative estimate of drug-likeness (QED) is 0.372. The largest absolute Gasteiger partial charge is 0.495 e. The van der Waals surface area contributed by atoms with E-state index in [1.807, 2.05) is 0 Å². The number of anilines is 1. The van der Waals surface area contributed by atoms with Crippen molar-refractivity contribution < 1.29 is 33.8 Å². The smallest absolute Gasteiger partial charge is 0.341 e. The van der Waals surface area contributed by atoms with Crippen molar-refractivity contribution in [2.45, 2.75) is 0 Å². The normalized spacial score (nSPS) is 14.3. The molecule has 166 valence electrons. The highest BCUT2D eigenvalue weighted by atomic mass is 79.9. The van der Waals surface area contributed by atoms with Crippen LogP contribution in [0.4, 0.5) is 10.5 Å². The third-order valence-electron chi connectivity index (χ3n) is 4.26. The first kappa shape index (κ1) is 22.8. The van der Waals surface area contributed by atoms with Gasteiger partial charge in [-0.3, -0.25) is 9.59 Å². The van der Waals surface area contributed by atoms with Gasteiger partial charge in [0.05, 0.1) is 17.3 Å². The highest BCUT2D eigenvalue weighted by Gasteiger charge is 2.35. The molecule has 0 radical (unpaired) electrons. The molecule has 4 amide bonds. The lowest BCUT2D eigenvalue weighted by atomic mass is 10.2. The highest BCUT2D eigenvalue weighted by Crippen LogP contribution is 2.27. The van der Waals surface area contributed by atoms with Gasteiger partial charge in [-0.15, -0.1) is 0 Å². The van der Waals surface area contributed by atoms with Crippen LogP contribution in [0.25, 0.3) is 6.08 Å². The Balaban J connectivity index is 1.69. The van der Waals surface area contributed by atoms with E-state index >= 15 is 0 Å². The summed E-state index contributed by atoms with van der Waals surface area (Å²) in [6.45, 7) is -0.981. The van der Waals surface area contributed by atoms with E-state index in [4.69, 9.17) is 14.6 Å². The number of nitrogens with zero attached hydrogens (tertiary/aromatic N) is 1. The maximum Gasteiger partial charge on any atom is 0.341 e. The van der Waals surface area contributed by atoms with Crippen molar-refractivity contribution in [1.29, 1.82) is 0 Å². The number of rotatable bonds is 8. The van der Waals surface area contributed by atoms with Crippen LogP contribution in [0.15, 0.2) is 52.6 Å². The second-order valence-electron chi connectivity index (χ2n) is 6.50. The minimum atomic E-state index is -1.11. The summed E-state index contributed by atoms with van der Waals surface area (Å²) in [7, 11) is 1.46. The second-order valence-corrected chi connectivity index (χ2v) is 7.35. The van der Waals surface area contributed by atoms with Gasteiger partial charge in [0.25, 0.3) is 5.91 Å². The van der Waals surface area contributed by atoms with Crippen LogP contribution in [0.1, 0.15) is 5.56 Å². The Morgan fingerprint density at radius 3 is 2.62 bits per heavy atom. The molecule has 2 aromatic carbocycles. The Morgan fingerprint density at radius 2 is 1.94 bits per heavy atom. The van der Waals surface area contributed by atoms with Crippen molar-refractivity contribution in [3.63, 3.8) is 0 Å². The Labute approximate surface area is 190 Å².